The molecule has 0 atom stereocenters. The number of methoxy groups -OCH3 is 1. The fourth-order valence-electron chi connectivity index (χ4n) is 4.65. The molecule has 0 spiro atoms. The summed E-state index contributed by atoms with van der Waals surface area (Å²) in [5.41, 5.74) is 0.747. The Labute approximate surface area is 192 Å². The van der Waals surface area contributed by atoms with E-state index >= 15 is 0 Å². The van der Waals surface area contributed by atoms with E-state index in [-0.39, 0.29) is 22.6 Å². The van der Waals surface area contributed by atoms with Crippen molar-refractivity contribution in [1.29, 1.82) is 0 Å². The number of ketones is 1. The van der Waals surface area contributed by atoms with E-state index < -0.39 is 22.8 Å². The second-order valence-electron chi connectivity index (χ2n) is 8.12. The van der Waals surface area contributed by atoms with Crippen LogP contribution in [-0.2, 0) is 0 Å². The van der Waals surface area contributed by atoms with Crippen LogP contribution in [-0.4, -0.2) is 22.9 Å². The summed E-state index contributed by atoms with van der Waals surface area (Å²) in [5, 5.41) is 1.30. The lowest BCUT2D eigenvalue weighted by atomic mass is 9.82. The Bertz CT molecular complexity index is 1650. The molecule has 0 bridgehead atoms. The zero-order chi connectivity index (χ0) is 23.4. The van der Waals surface area contributed by atoms with Crippen molar-refractivity contribution in [1.82, 2.24) is 9.97 Å². The van der Waals surface area contributed by atoms with E-state index in [4.69, 9.17) is 9.47 Å². The summed E-state index contributed by atoms with van der Waals surface area (Å²) >= 11 is 0. The molecule has 0 saturated carbocycles. The van der Waals surface area contributed by atoms with Crippen molar-refractivity contribution in [2.75, 3.05) is 7.11 Å². The number of aromatic amines is 2. The van der Waals surface area contributed by atoms with Crippen molar-refractivity contribution < 1.29 is 14.3 Å². The predicted molar refractivity (Wildman–Crippen MR) is 128 cm³/mol. The lowest BCUT2D eigenvalue weighted by Gasteiger charge is -2.28. The number of hydrogen-bond acceptors (Lipinski definition) is 5. The van der Waals surface area contributed by atoms with Gasteiger partial charge in [0.15, 0.2) is 5.78 Å². The van der Waals surface area contributed by atoms with Crippen molar-refractivity contribution in [3.05, 3.63) is 110 Å². The van der Waals surface area contributed by atoms with Crippen LogP contribution in [0.1, 0.15) is 27.4 Å². The average Bonchev–Trinajstić information content (AvgIpc) is 2.87. The number of carbonyl (C=O) groups is 1. The Morgan fingerprint density at radius 1 is 0.794 bits per heavy atom. The lowest BCUT2D eigenvalue weighted by molar-refractivity contribution is 0.0968. The van der Waals surface area contributed by atoms with E-state index in [1.165, 1.54) is 7.11 Å². The van der Waals surface area contributed by atoms with Gasteiger partial charge in [-0.15, -0.1) is 0 Å². The minimum Gasteiger partial charge on any atom is -0.497 e. The topological polar surface area (TPSA) is 101 Å². The third-order valence-corrected chi connectivity index (χ3v) is 6.22. The Kier molecular flexibility index (Phi) is 4.38. The molecule has 34 heavy (non-hydrogen) atoms. The molecule has 3 heterocycles. The maximum atomic E-state index is 14.0. The largest absolute Gasteiger partial charge is 0.497 e. The van der Waals surface area contributed by atoms with Gasteiger partial charge in [-0.25, -0.2) is 0 Å². The molecule has 7 heteroatoms. The lowest BCUT2D eigenvalue weighted by Crippen LogP contribution is -2.32. The fraction of sp³-hybridized carbons (Fsp3) is 0.0741. The van der Waals surface area contributed by atoms with Crippen LogP contribution in [0.15, 0.2) is 82.4 Å². The minimum atomic E-state index is -1.16. The summed E-state index contributed by atoms with van der Waals surface area (Å²) in [5.74, 6) is -0.496. The van der Waals surface area contributed by atoms with E-state index in [0.29, 0.717) is 33.1 Å². The molecule has 2 N–H and O–H groups in total. The number of Topliss-reactive ketones (excluding diaryl/α,β-unsaturated/α-hetero) is 1. The first-order chi connectivity index (χ1) is 16.6. The van der Waals surface area contributed by atoms with Crippen molar-refractivity contribution in [2.45, 2.75) is 5.92 Å². The van der Waals surface area contributed by atoms with Gasteiger partial charge in [-0.1, -0.05) is 36.4 Å². The molecule has 0 saturated heterocycles. The Balaban J connectivity index is 1.72. The smallest absolute Gasteiger partial charge is 0.256 e. The van der Waals surface area contributed by atoms with E-state index in [1.54, 1.807) is 48.5 Å². The van der Waals surface area contributed by atoms with Crippen LogP contribution < -0.4 is 20.6 Å². The molecule has 1 aliphatic heterocycles. The molecule has 1 aliphatic rings. The second kappa shape index (κ2) is 7.45. The molecule has 166 valence electrons. The van der Waals surface area contributed by atoms with E-state index in [1.807, 2.05) is 24.3 Å². The van der Waals surface area contributed by atoms with Crippen LogP contribution in [0.5, 0.6) is 17.2 Å². The van der Waals surface area contributed by atoms with Crippen molar-refractivity contribution in [3.63, 3.8) is 0 Å². The van der Waals surface area contributed by atoms with Gasteiger partial charge in [-0.05, 0) is 36.4 Å². The Hall–Kier alpha value is -4.65. The number of pyridine rings is 2. The highest BCUT2D eigenvalue weighted by atomic mass is 16.5. The highest BCUT2D eigenvalue weighted by Crippen LogP contribution is 2.47. The normalized spacial score (nSPS) is 12.7. The summed E-state index contributed by atoms with van der Waals surface area (Å²) in [6.07, 6.45) is 0. The molecule has 7 nitrogen and oxygen atoms in total. The van der Waals surface area contributed by atoms with Gasteiger partial charge in [-0.2, -0.15) is 0 Å². The third-order valence-electron chi connectivity index (χ3n) is 6.22. The molecular formula is C27H18N2O5. The predicted octanol–water partition coefficient (Wildman–Crippen LogP) is 4.50. The van der Waals surface area contributed by atoms with E-state index in [2.05, 4.69) is 9.97 Å². The molecular weight excluding hydrogens is 432 g/mol. The van der Waals surface area contributed by atoms with Gasteiger partial charge in [0.2, 0.25) is 0 Å². The standard InChI is InChI=1S/C27H18N2O5/c1-33-15-8-6-7-14(13-15)23(30)20-21-24(16-9-2-4-11-18(16)28-26(21)31)34-25-17-10-3-5-12-19(17)29-27(32)22(20)25/h2-13,20H,1H3,(H,28,31)(H,29,32). The zero-order valence-electron chi connectivity index (χ0n) is 18.0. The van der Waals surface area contributed by atoms with Crippen LogP contribution in [0, 0.1) is 0 Å². The molecule has 2 aromatic heterocycles. The van der Waals surface area contributed by atoms with Gasteiger partial charge in [0.1, 0.15) is 17.2 Å². The van der Waals surface area contributed by atoms with Gasteiger partial charge >= 0.3 is 0 Å². The number of para-hydroxylation sites is 2. The first kappa shape index (κ1) is 20.0. The molecule has 0 fully saturated rings. The number of benzene rings is 3. The number of aromatic nitrogens is 2. The Morgan fingerprint density at radius 3 is 1.91 bits per heavy atom. The molecule has 5 aromatic rings. The van der Waals surface area contributed by atoms with E-state index in [0.717, 1.165) is 0 Å². The zero-order valence-corrected chi connectivity index (χ0v) is 18.0. The minimum absolute atomic E-state index is 0.111. The first-order valence-corrected chi connectivity index (χ1v) is 10.7. The third kappa shape index (κ3) is 2.87. The van der Waals surface area contributed by atoms with Crippen molar-refractivity contribution >= 4 is 27.6 Å². The number of carbonyl (C=O) groups excluding carboxylic acids is 1. The van der Waals surface area contributed by atoms with Gasteiger partial charge in [-0.3, -0.25) is 14.4 Å². The number of ether oxygens (including phenoxy) is 2. The van der Waals surface area contributed by atoms with Crippen molar-refractivity contribution in [3.8, 4) is 17.2 Å². The van der Waals surface area contributed by atoms with Crippen LogP contribution in [0.3, 0.4) is 0 Å². The Morgan fingerprint density at radius 2 is 1.35 bits per heavy atom. The summed E-state index contributed by atoms with van der Waals surface area (Å²) in [4.78, 5) is 46.2. The van der Waals surface area contributed by atoms with Crippen LogP contribution in [0.4, 0.5) is 0 Å². The summed E-state index contributed by atoms with van der Waals surface area (Å²) in [6, 6.07) is 21.1. The van der Waals surface area contributed by atoms with Crippen molar-refractivity contribution in [2.24, 2.45) is 0 Å². The van der Waals surface area contributed by atoms with E-state index in [9.17, 15) is 14.4 Å². The van der Waals surface area contributed by atoms with Crippen LogP contribution >= 0.6 is 0 Å². The number of nitrogens with one attached hydrogen (secondary N) is 2. The number of hydrogen-bond donors (Lipinski definition) is 2. The number of H-pyrrole nitrogens is 2. The number of rotatable bonds is 3. The molecule has 0 amide bonds. The summed E-state index contributed by atoms with van der Waals surface area (Å²) in [7, 11) is 1.51. The second-order valence-corrected chi connectivity index (χ2v) is 8.12. The van der Waals surface area contributed by atoms with Gasteiger partial charge in [0.25, 0.3) is 11.1 Å². The summed E-state index contributed by atoms with van der Waals surface area (Å²) in [6.45, 7) is 0. The van der Waals surface area contributed by atoms with Crippen LogP contribution in [0.25, 0.3) is 21.8 Å². The SMILES string of the molecule is COc1cccc(C(=O)C2c3c(c4ccccc4[nH]c3=O)Oc3c2c(=O)[nH]c2ccccc32)c1. The molecule has 3 aromatic carbocycles. The molecule has 6 rings (SSSR count). The number of fused-ring (bicyclic) bond motifs is 6. The highest BCUT2D eigenvalue weighted by molar-refractivity contribution is 6.06. The van der Waals surface area contributed by atoms with Gasteiger partial charge in [0.05, 0.1) is 35.2 Å². The average molecular weight is 450 g/mol. The maximum absolute atomic E-state index is 14.0. The monoisotopic (exact) mass is 450 g/mol. The molecule has 0 unspecified atom stereocenters. The highest BCUT2D eigenvalue weighted by Gasteiger charge is 2.40. The van der Waals surface area contributed by atoms with Crippen LogP contribution in [0.2, 0.25) is 0 Å². The quantitative estimate of drug-likeness (QED) is 0.394. The van der Waals surface area contributed by atoms with Gasteiger partial charge < -0.3 is 19.4 Å². The molecule has 0 aliphatic carbocycles. The fourth-order valence-corrected chi connectivity index (χ4v) is 4.65. The maximum Gasteiger partial charge on any atom is 0.256 e. The first-order valence-electron chi connectivity index (χ1n) is 10.7. The molecule has 0 radical (unpaired) electrons. The summed E-state index contributed by atoms with van der Waals surface area (Å²) < 4.78 is 11.6. The van der Waals surface area contributed by atoms with Gasteiger partial charge in [0, 0.05) is 16.3 Å².